The lowest BCUT2D eigenvalue weighted by Crippen LogP contribution is -2.57. The van der Waals surface area contributed by atoms with Crippen LogP contribution in [0.15, 0.2) is 24.5 Å². The minimum atomic E-state index is 0.125. The maximum Gasteiger partial charge on any atom is 0.0312 e. The molecule has 0 spiro atoms. The Balaban J connectivity index is 1.84. The van der Waals surface area contributed by atoms with Gasteiger partial charge in [0, 0.05) is 57.2 Å². The van der Waals surface area contributed by atoms with Crippen LogP contribution >= 0.6 is 0 Å². The highest BCUT2D eigenvalue weighted by molar-refractivity contribution is 5.08. The number of aromatic nitrogens is 1. The lowest BCUT2D eigenvalue weighted by molar-refractivity contribution is 0.0537. The molecular formula is C14H24N4. The Morgan fingerprint density at radius 3 is 2.56 bits per heavy atom. The molecule has 1 aliphatic heterocycles. The van der Waals surface area contributed by atoms with Crippen LogP contribution in [-0.2, 0) is 6.54 Å². The molecule has 1 aliphatic rings. The van der Waals surface area contributed by atoms with Crippen molar-refractivity contribution in [3.8, 4) is 0 Å². The monoisotopic (exact) mass is 248 g/mol. The molecule has 0 aliphatic carbocycles. The van der Waals surface area contributed by atoms with Gasteiger partial charge in [-0.1, -0.05) is 6.07 Å². The van der Waals surface area contributed by atoms with Gasteiger partial charge in [-0.05, 0) is 25.5 Å². The molecule has 2 rings (SSSR count). The van der Waals surface area contributed by atoms with Gasteiger partial charge in [0.05, 0.1) is 0 Å². The first-order valence-electron chi connectivity index (χ1n) is 6.68. The van der Waals surface area contributed by atoms with Crippen LogP contribution in [0.3, 0.4) is 0 Å². The summed E-state index contributed by atoms with van der Waals surface area (Å²) in [5, 5.41) is 0. The van der Waals surface area contributed by atoms with Crippen LogP contribution in [0.2, 0.25) is 0 Å². The molecule has 0 bridgehead atoms. The highest BCUT2D eigenvalue weighted by Crippen LogP contribution is 2.16. The van der Waals surface area contributed by atoms with Crippen molar-refractivity contribution in [1.29, 1.82) is 0 Å². The van der Waals surface area contributed by atoms with E-state index in [0.29, 0.717) is 0 Å². The van der Waals surface area contributed by atoms with Gasteiger partial charge in [0.25, 0.3) is 0 Å². The number of nitrogens with zero attached hydrogens (tertiary/aromatic N) is 3. The summed E-state index contributed by atoms with van der Waals surface area (Å²) in [6.07, 6.45) is 3.78. The predicted octanol–water partition coefficient (Wildman–Crippen LogP) is 0.936. The summed E-state index contributed by atoms with van der Waals surface area (Å²) >= 11 is 0. The molecule has 4 nitrogen and oxygen atoms in total. The SMILES string of the molecule is CC(C)(CN)N1CCN(Cc2cccnc2)CC1. The molecule has 0 saturated carbocycles. The molecule has 1 aromatic heterocycles. The second-order valence-corrected chi connectivity index (χ2v) is 5.64. The summed E-state index contributed by atoms with van der Waals surface area (Å²) in [5.41, 5.74) is 7.25. The zero-order valence-corrected chi connectivity index (χ0v) is 11.5. The number of hydrogen-bond donors (Lipinski definition) is 1. The average Bonchev–Trinajstić information content (AvgIpc) is 2.40. The van der Waals surface area contributed by atoms with Gasteiger partial charge in [0.2, 0.25) is 0 Å². The topological polar surface area (TPSA) is 45.4 Å². The normalized spacial score (nSPS) is 19.1. The molecule has 0 radical (unpaired) electrons. The van der Waals surface area contributed by atoms with E-state index in [2.05, 4.69) is 34.7 Å². The molecule has 4 heteroatoms. The number of hydrogen-bond acceptors (Lipinski definition) is 4. The quantitative estimate of drug-likeness (QED) is 0.861. The number of rotatable bonds is 4. The van der Waals surface area contributed by atoms with Crippen LogP contribution in [-0.4, -0.2) is 53.0 Å². The Hall–Kier alpha value is -0.970. The summed E-state index contributed by atoms with van der Waals surface area (Å²) in [4.78, 5) is 9.14. The van der Waals surface area contributed by atoms with Crippen LogP contribution < -0.4 is 5.73 Å². The van der Waals surface area contributed by atoms with Crippen LogP contribution in [0.4, 0.5) is 0 Å². The van der Waals surface area contributed by atoms with Crippen LogP contribution in [0, 0.1) is 0 Å². The first kappa shape index (κ1) is 13.5. The minimum absolute atomic E-state index is 0.125. The Bertz CT molecular complexity index is 355. The molecule has 0 unspecified atom stereocenters. The van der Waals surface area contributed by atoms with Crippen LogP contribution in [0.25, 0.3) is 0 Å². The molecule has 0 amide bonds. The molecular weight excluding hydrogens is 224 g/mol. The van der Waals surface area contributed by atoms with E-state index in [9.17, 15) is 0 Å². The molecule has 100 valence electrons. The maximum atomic E-state index is 5.83. The van der Waals surface area contributed by atoms with E-state index in [1.165, 1.54) is 5.56 Å². The second kappa shape index (κ2) is 5.78. The average molecular weight is 248 g/mol. The van der Waals surface area contributed by atoms with Crippen molar-refractivity contribution >= 4 is 0 Å². The summed E-state index contributed by atoms with van der Waals surface area (Å²) in [7, 11) is 0. The zero-order chi connectivity index (χ0) is 13.0. The second-order valence-electron chi connectivity index (χ2n) is 5.64. The van der Waals surface area contributed by atoms with Crippen molar-refractivity contribution in [2.45, 2.75) is 25.9 Å². The number of nitrogens with two attached hydrogens (primary N) is 1. The van der Waals surface area contributed by atoms with Crippen molar-refractivity contribution in [2.75, 3.05) is 32.7 Å². The lowest BCUT2D eigenvalue weighted by atomic mass is 10.0. The zero-order valence-electron chi connectivity index (χ0n) is 11.5. The van der Waals surface area contributed by atoms with Gasteiger partial charge >= 0.3 is 0 Å². The minimum Gasteiger partial charge on any atom is -0.329 e. The number of piperazine rings is 1. The van der Waals surface area contributed by atoms with Crippen molar-refractivity contribution in [2.24, 2.45) is 5.73 Å². The summed E-state index contributed by atoms with van der Waals surface area (Å²) < 4.78 is 0. The smallest absolute Gasteiger partial charge is 0.0312 e. The highest BCUT2D eigenvalue weighted by Gasteiger charge is 2.28. The lowest BCUT2D eigenvalue weighted by Gasteiger charge is -2.43. The van der Waals surface area contributed by atoms with Gasteiger partial charge in [0.15, 0.2) is 0 Å². The largest absolute Gasteiger partial charge is 0.329 e. The van der Waals surface area contributed by atoms with Crippen LogP contribution in [0.5, 0.6) is 0 Å². The van der Waals surface area contributed by atoms with E-state index in [1.54, 1.807) is 0 Å². The fourth-order valence-corrected chi connectivity index (χ4v) is 2.39. The van der Waals surface area contributed by atoms with Crippen molar-refractivity contribution in [3.63, 3.8) is 0 Å². The third-order valence-corrected chi connectivity index (χ3v) is 3.86. The predicted molar refractivity (Wildman–Crippen MR) is 74.2 cm³/mol. The first-order valence-corrected chi connectivity index (χ1v) is 6.68. The summed E-state index contributed by atoms with van der Waals surface area (Å²) in [6.45, 7) is 10.6. The third kappa shape index (κ3) is 3.28. The van der Waals surface area contributed by atoms with E-state index >= 15 is 0 Å². The van der Waals surface area contributed by atoms with Gasteiger partial charge in [-0.15, -0.1) is 0 Å². The van der Waals surface area contributed by atoms with Gasteiger partial charge in [0.1, 0.15) is 0 Å². The molecule has 1 saturated heterocycles. The van der Waals surface area contributed by atoms with Gasteiger partial charge in [-0.3, -0.25) is 14.8 Å². The Morgan fingerprint density at radius 1 is 1.28 bits per heavy atom. The van der Waals surface area contributed by atoms with E-state index in [-0.39, 0.29) is 5.54 Å². The van der Waals surface area contributed by atoms with Gasteiger partial charge in [-0.2, -0.15) is 0 Å². The van der Waals surface area contributed by atoms with Gasteiger partial charge < -0.3 is 5.73 Å². The van der Waals surface area contributed by atoms with E-state index in [1.807, 2.05) is 18.5 Å². The fourth-order valence-electron chi connectivity index (χ4n) is 2.39. The van der Waals surface area contributed by atoms with Crippen molar-refractivity contribution < 1.29 is 0 Å². The first-order chi connectivity index (χ1) is 8.62. The van der Waals surface area contributed by atoms with Crippen LogP contribution in [0.1, 0.15) is 19.4 Å². The van der Waals surface area contributed by atoms with E-state index in [4.69, 9.17) is 5.73 Å². The molecule has 2 N–H and O–H groups in total. The van der Waals surface area contributed by atoms with Crippen molar-refractivity contribution in [1.82, 2.24) is 14.8 Å². The molecule has 1 fully saturated rings. The molecule has 1 aromatic rings. The fraction of sp³-hybridized carbons (Fsp3) is 0.643. The summed E-state index contributed by atoms with van der Waals surface area (Å²) in [6, 6.07) is 4.15. The summed E-state index contributed by atoms with van der Waals surface area (Å²) in [5.74, 6) is 0. The molecule has 18 heavy (non-hydrogen) atoms. The third-order valence-electron chi connectivity index (χ3n) is 3.86. The van der Waals surface area contributed by atoms with Crippen molar-refractivity contribution in [3.05, 3.63) is 30.1 Å². The molecule has 0 atom stereocenters. The molecule has 0 aromatic carbocycles. The van der Waals surface area contributed by atoms with E-state index < -0.39 is 0 Å². The highest BCUT2D eigenvalue weighted by atomic mass is 15.3. The standard InChI is InChI=1S/C14H24N4/c1-14(2,12-15)18-8-6-17(7-9-18)11-13-4-3-5-16-10-13/h3-5,10H,6-9,11-12,15H2,1-2H3. The Morgan fingerprint density at radius 2 is 2.00 bits per heavy atom. The number of pyridine rings is 1. The molecule has 2 heterocycles. The maximum absolute atomic E-state index is 5.83. The van der Waals surface area contributed by atoms with E-state index in [0.717, 1.165) is 39.3 Å². The van der Waals surface area contributed by atoms with Gasteiger partial charge in [-0.25, -0.2) is 0 Å². The Kier molecular flexibility index (Phi) is 4.32. The Labute approximate surface area is 110 Å².